The Labute approximate surface area is 169 Å². The highest BCUT2D eigenvalue weighted by Gasteiger charge is 2.36. The van der Waals surface area contributed by atoms with E-state index in [9.17, 15) is 18.0 Å². The minimum atomic E-state index is -4.63. The summed E-state index contributed by atoms with van der Waals surface area (Å²) in [6.07, 6.45) is -5.73. The Bertz CT molecular complexity index is 1100. The molecule has 1 atom stereocenters. The zero-order chi connectivity index (χ0) is 21.5. The number of hydrogen-bond donors (Lipinski definition) is 1. The van der Waals surface area contributed by atoms with Crippen LogP contribution in [0.1, 0.15) is 23.7 Å². The summed E-state index contributed by atoms with van der Waals surface area (Å²) in [5.74, 6) is -0.870. The monoisotopic (exact) mass is 426 g/mol. The minimum Gasteiger partial charge on any atom is -0.464 e. The zero-order valence-corrected chi connectivity index (χ0v) is 16.8. The van der Waals surface area contributed by atoms with Gasteiger partial charge in [0.15, 0.2) is 11.8 Å². The molecule has 3 rings (SSSR count). The second-order valence-electron chi connectivity index (χ2n) is 6.62. The van der Waals surface area contributed by atoms with Crippen molar-refractivity contribution in [2.75, 3.05) is 5.32 Å². The van der Waals surface area contributed by atoms with E-state index < -0.39 is 23.8 Å². The number of pyridine rings is 1. The number of nitrogens with zero attached hydrogens (tertiary/aromatic N) is 3. The van der Waals surface area contributed by atoms with E-state index in [0.29, 0.717) is 10.7 Å². The smallest absolute Gasteiger partial charge is 0.417 e. The molecule has 154 valence electrons. The van der Waals surface area contributed by atoms with E-state index in [1.54, 1.807) is 25.1 Å². The number of alkyl halides is 3. The van der Waals surface area contributed by atoms with Gasteiger partial charge in [-0.05, 0) is 38.5 Å². The molecule has 29 heavy (non-hydrogen) atoms. The Morgan fingerprint density at radius 2 is 1.97 bits per heavy atom. The van der Waals surface area contributed by atoms with E-state index in [0.717, 1.165) is 11.6 Å². The van der Waals surface area contributed by atoms with Crippen LogP contribution in [0.5, 0.6) is 5.88 Å². The topological polar surface area (TPSA) is 69.0 Å². The number of halogens is 4. The van der Waals surface area contributed by atoms with Gasteiger partial charge in [-0.1, -0.05) is 17.7 Å². The summed E-state index contributed by atoms with van der Waals surface area (Å²) in [6, 6.07) is 5.77. The first-order valence-corrected chi connectivity index (χ1v) is 9.00. The molecule has 0 bridgehead atoms. The quantitative estimate of drug-likeness (QED) is 0.658. The standard InChI is InChI=1S/C19H18ClF3N4O2/c1-9-5-6-12(20)7-14(9)24-18(28)11(3)29-15-8-13(19(21,22)23)16-10(2)26-27(4)17(16)25-15/h5-8,11H,1-4H3,(H,24,28)/t11-/m0/s1. The minimum absolute atomic E-state index is 0.0191. The van der Waals surface area contributed by atoms with Gasteiger partial charge in [0.2, 0.25) is 5.88 Å². The van der Waals surface area contributed by atoms with Crippen LogP contribution in [-0.4, -0.2) is 26.8 Å². The number of carbonyl (C=O) groups excluding carboxylic acids is 1. The lowest BCUT2D eigenvalue weighted by Crippen LogP contribution is -2.30. The molecule has 0 aliphatic heterocycles. The zero-order valence-electron chi connectivity index (χ0n) is 16.1. The van der Waals surface area contributed by atoms with Crippen LogP contribution < -0.4 is 10.1 Å². The van der Waals surface area contributed by atoms with Gasteiger partial charge in [0.05, 0.1) is 16.6 Å². The van der Waals surface area contributed by atoms with E-state index in [1.807, 2.05) is 0 Å². The van der Waals surface area contributed by atoms with Crippen LogP contribution in [-0.2, 0) is 18.0 Å². The number of hydrogen-bond acceptors (Lipinski definition) is 4. The maximum atomic E-state index is 13.5. The molecule has 2 aromatic heterocycles. The number of nitrogens with one attached hydrogen (secondary N) is 1. The normalized spacial score (nSPS) is 12.8. The van der Waals surface area contributed by atoms with Crippen molar-refractivity contribution in [2.45, 2.75) is 33.1 Å². The number of aromatic nitrogens is 3. The van der Waals surface area contributed by atoms with Crippen molar-refractivity contribution in [1.29, 1.82) is 0 Å². The summed E-state index contributed by atoms with van der Waals surface area (Å²) in [5, 5.41) is 6.99. The Hall–Kier alpha value is -2.81. The number of aryl methyl sites for hydroxylation is 3. The highest BCUT2D eigenvalue weighted by atomic mass is 35.5. The molecular formula is C19H18ClF3N4O2. The van der Waals surface area contributed by atoms with E-state index in [4.69, 9.17) is 16.3 Å². The predicted molar refractivity (Wildman–Crippen MR) is 103 cm³/mol. The van der Waals surface area contributed by atoms with Crippen LogP contribution in [0, 0.1) is 13.8 Å². The molecule has 0 aliphatic carbocycles. The molecular weight excluding hydrogens is 409 g/mol. The van der Waals surface area contributed by atoms with Crippen LogP contribution in [0.2, 0.25) is 5.02 Å². The summed E-state index contributed by atoms with van der Waals surface area (Å²) < 4.78 is 47.3. The molecule has 6 nitrogen and oxygen atoms in total. The fraction of sp³-hybridized carbons (Fsp3) is 0.316. The fourth-order valence-corrected chi connectivity index (χ4v) is 3.08. The molecule has 0 aliphatic rings. The molecule has 2 heterocycles. The first kappa shape index (κ1) is 20.9. The van der Waals surface area contributed by atoms with E-state index in [1.165, 1.54) is 25.6 Å². The fourth-order valence-electron chi connectivity index (χ4n) is 2.90. The summed E-state index contributed by atoms with van der Waals surface area (Å²) in [5.41, 5.74) is 0.571. The second-order valence-corrected chi connectivity index (χ2v) is 7.06. The Morgan fingerprint density at radius 3 is 2.62 bits per heavy atom. The Kier molecular flexibility index (Phi) is 5.44. The largest absolute Gasteiger partial charge is 0.464 e. The van der Waals surface area contributed by atoms with Gasteiger partial charge < -0.3 is 10.1 Å². The molecule has 0 spiro atoms. The van der Waals surface area contributed by atoms with Gasteiger partial charge in [-0.25, -0.2) is 0 Å². The average Bonchev–Trinajstić information content (AvgIpc) is 2.90. The number of fused-ring (bicyclic) bond motifs is 1. The molecule has 10 heteroatoms. The lowest BCUT2D eigenvalue weighted by Gasteiger charge is -2.17. The van der Waals surface area contributed by atoms with E-state index >= 15 is 0 Å². The molecule has 1 amide bonds. The Balaban J connectivity index is 1.90. The summed E-state index contributed by atoms with van der Waals surface area (Å²) >= 11 is 5.93. The number of benzene rings is 1. The van der Waals surface area contributed by atoms with E-state index in [2.05, 4.69) is 15.4 Å². The van der Waals surface area contributed by atoms with Crippen molar-refractivity contribution in [3.8, 4) is 5.88 Å². The Morgan fingerprint density at radius 1 is 1.28 bits per heavy atom. The van der Waals surface area contributed by atoms with Crippen molar-refractivity contribution >= 4 is 34.2 Å². The van der Waals surface area contributed by atoms with E-state index in [-0.39, 0.29) is 22.6 Å². The molecule has 1 aromatic carbocycles. The number of ether oxygens (including phenoxy) is 1. The van der Waals surface area contributed by atoms with Crippen LogP contribution in [0.4, 0.5) is 18.9 Å². The molecule has 0 fully saturated rings. The second kappa shape index (κ2) is 7.55. The third-order valence-corrected chi connectivity index (χ3v) is 4.61. The average molecular weight is 427 g/mol. The van der Waals surface area contributed by atoms with Crippen LogP contribution in [0.3, 0.4) is 0 Å². The van der Waals surface area contributed by atoms with Gasteiger partial charge in [0.25, 0.3) is 5.91 Å². The van der Waals surface area contributed by atoms with Gasteiger partial charge in [0.1, 0.15) is 0 Å². The van der Waals surface area contributed by atoms with Crippen LogP contribution in [0.25, 0.3) is 11.0 Å². The molecule has 0 saturated heterocycles. The highest BCUT2D eigenvalue weighted by Crippen LogP contribution is 2.37. The highest BCUT2D eigenvalue weighted by molar-refractivity contribution is 6.31. The van der Waals surface area contributed by atoms with Gasteiger partial charge in [0, 0.05) is 23.8 Å². The van der Waals surface area contributed by atoms with Gasteiger partial charge in [-0.15, -0.1) is 0 Å². The third kappa shape index (κ3) is 4.29. The third-order valence-electron chi connectivity index (χ3n) is 4.37. The molecule has 1 N–H and O–H groups in total. The maximum Gasteiger partial charge on any atom is 0.417 e. The molecule has 0 radical (unpaired) electrons. The van der Waals surface area contributed by atoms with Crippen molar-refractivity contribution in [2.24, 2.45) is 7.05 Å². The molecule has 0 unspecified atom stereocenters. The number of carbonyl (C=O) groups is 1. The summed E-state index contributed by atoms with van der Waals surface area (Å²) in [7, 11) is 1.49. The summed E-state index contributed by atoms with van der Waals surface area (Å²) in [6.45, 7) is 4.68. The lowest BCUT2D eigenvalue weighted by atomic mass is 10.1. The molecule has 0 saturated carbocycles. The van der Waals surface area contributed by atoms with Gasteiger partial charge >= 0.3 is 6.18 Å². The number of rotatable bonds is 4. The van der Waals surface area contributed by atoms with Crippen molar-refractivity contribution in [3.05, 3.63) is 46.1 Å². The van der Waals surface area contributed by atoms with Crippen LogP contribution >= 0.6 is 11.6 Å². The summed E-state index contributed by atoms with van der Waals surface area (Å²) in [4.78, 5) is 16.6. The van der Waals surface area contributed by atoms with Crippen LogP contribution in [0.15, 0.2) is 24.3 Å². The van der Waals surface area contributed by atoms with Crippen molar-refractivity contribution in [1.82, 2.24) is 14.8 Å². The first-order valence-electron chi connectivity index (χ1n) is 8.62. The van der Waals surface area contributed by atoms with Crippen molar-refractivity contribution < 1.29 is 22.7 Å². The van der Waals surface area contributed by atoms with Gasteiger partial charge in [-0.2, -0.15) is 23.3 Å². The lowest BCUT2D eigenvalue weighted by molar-refractivity contribution is -0.136. The van der Waals surface area contributed by atoms with Gasteiger partial charge in [-0.3, -0.25) is 9.48 Å². The number of anilines is 1. The maximum absolute atomic E-state index is 13.5. The molecule has 3 aromatic rings. The SMILES string of the molecule is Cc1ccc(Cl)cc1NC(=O)[C@H](C)Oc1cc(C(F)(F)F)c2c(C)nn(C)c2n1. The predicted octanol–water partition coefficient (Wildman–Crippen LogP) is 4.66. The van der Waals surface area contributed by atoms with Crippen molar-refractivity contribution in [3.63, 3.8) is 0 Å². The number of amides is 1. The first-order chi connectivity index (χ1) is 13.5.